The van der Waals surface area contributed by atoms with E-state index in [0.717, 1.165) is 5.56 Å². The molecule has 0 aliphatic rings. The first-order valence-corrected chi connectivity index (χ1v) is 9.71. The van der Waals surface area contributed by atoms with Crippen LogP contribution in [0.25, 0.3) is 0 Å². The van der Waals surface area contributed by atoms with Crippen molar-refractivity contribution in [2.45, 2.75) is 0 Å². The van der Waals surface area contributed by atoms with Crippen molar-refractivity contribution in [1.29, 1.82) is 0 Å². The van der Waals surface area contributed by atoms with Gasteiger partial charge in [0.1, 0.15) is 34.5 Å². The van der Waals surface area contributed by atoms with Crippen LogP contribution in [0.3, 0.4) is 0 Å². The van der Waals surface area contributed by atoms with Crippen molar-refractivity contribution in [1.82, 2.24) is 0 Å². The lowest BCUT2D eigenvalue weighted by molar-refractivity contribution is 0.453. The number of aromatic hydroxyl groups is 2. The summed E-state index contributed by atoms with van der Waals surface area (Å²) in [6.45, 7) is 0. The van der Waals surface area contributed by atoms with Crippen LogP contribution in [0.15, 0.2) is 84.9 Å². The fourth-order valence-corrected chi connectivity index (χ4v) is 2.89. The molecule has 4 aromatic rings. The zero-order valence-corrected chi connectivity index (χ0v) is 16.9. The molecule has 0 aliphatic carbocycles. The second-order valence-corrected chi connectivity index (χ2v) is 6.95. The summed E-state index contributed by atoms with van der Waals surface area (Å²) in [4.78, 5) is 0. The number of anilines is 2. The lowest BCUT2D eigenvalue weighted by Crippen LogP contribution is -1.92. The summed E-state index contributed by atoms with van der Waals surface area (Å²) in [7, 11) is 0. The molecule has 0 unspecified atom stereocenters. The van der Waals surface area contributed by atoms with E-state index in [1.54, 1.807) is 30.3 Å². The Balaban J connectivity index is 1.69. The average Bonchev–Trinajstić information content (AvgIpc) is 2.78. The zero-order valence-electron chi connectivity index (χ0n) is 16.9. The Morgan fingerprint density at radius 3 is 1.53 bits per heavy atom. The molecular formula is C26H20N2O4. The van der Waals surface area contributed by atoms with Gasteiger partial charge in [0.15, 0.2) is 0 Å². The summed E-state index contributed by atoms with van der Waals surface area (Å²) < 4.78 is 11.8. The Kier molecular flexibility index (Phi) is 5.73. The quantitative estimate of drug-likeness (QED) is 0.202. The summed E-state index contributed by atoms with van der Waals surface area (Å²) in [5.41, 5.74) is 13.5. The van der Waals surface area contributed by atoms with E-state index in [0.29, 0.717) is 28.6 Å². The van der Waals surface area contributed by atoms with E-state index in [2.05, 4.69) is 11.8 Å². The number of rotatable bonds is 4. The van der Waals surface area contributed by atoms with Crippen molar-refractivity contribution in [3.05, 3.63) is 96.1 Å². The molecular weight excluding hydrogens is 404 g/mol. The van der Waals surface area contributed by atoms with Crippen LogP contribution in [-0.4, -0.2) is 10.2 Å². The van der Waals surface area contributed by atoms with E-state index in [4.69, 9.17) is 20.9 Å². The molecule has 0 heterocycles. The molecule has 158 valence electrons. The fraction of sp³-hybridized carbons (Fsp3) is 0. The summed E-state index contributed by atoms with van der Waals surface area (Å²) in [5.74, 6) is 8.03. The van der Waals surface area contributed by atoms with E-state index < -0.39 is 0 Å². The number of nitrogen functional groups attached to an aromatic ring is 2. The molecule has 0 aromatic heterocycles. The first-order valence-electron chi connectivity index (χ1n) is 9.71. The van der Waals surface area contributed by atoms with Gasteiger partial charge in [-0.1, -0.05) is 30.0 Å². The number of benzene rings is 4. The van der Waals surface area contributed by atoms with E-state index in [1.807, 2.05) is 30.3 Å². The summed E-state index contributed by atoms with van der Waals surface area (Å²) in [6, 6.07) is 24.0. The Labute approximate surface area is 185 Å². The number of hydrogen-bond donors (Lipinski definition) is 4. The van der Waals surface area contributed by atoms with Gasteiger partial charge in [0.25, 0.3) is 0 Å². The van der Waals surface area contributed by atoms with E-state index >= 15 is 0 Å². The topological polar surface area (TPSA) is 111 Å². The van der Waals surface area contributed by atoms with Gasteiger partial charge in [0, 0.05) is 29.3 Å². The predicted molar refractivity (Wildman–Crippen MR) is 124 cm³/mol. The van der Waals surface area contributed by atoms with Gasteiger partial charge in [0.05, 0.1) is 11.4 Å². The molecule has 4 aromatic carbocycles. The third-order valence-electron chi connectivity index (χ3n) is 4.47. The minimum absolute atomic E-state index is 0.0197. The van der Waals surface area contributed by atoms with Crippen molar-refractivity contribution in [2.24, 2.45) is 0 Å². The van der Waals surface area contributed by atoms with Crippen molar-refractivity contribution in [2.75, 3.05) is 11.5 Å². The molecule has 6 nitrogen and oxygen atoms in total. The lowest BCUT2D eigenvalue weighted by Gasteiger charge is -2.12. The van der Waals surface area contributed by atoms with Crippen molar-refractivity contribution >= 4 is 11.4 Å². The van der Waals surface area contributed by atoms with Crippen LogP contribution in [0.1, 0.15) is 11.1 Å². The number of nitrogens with two attached hydrogens (primary N) is 2. The minimum Gasteiger partial charge on any atom is -0.506 e. The maximum Gasteiger partial charge on any atom is 0.138 e. The number of phenolic OH excluding ortho intramolecular Hbond substituents is 2. The Bertz CT molecular complexity index is 1250. The van der Waals surface area contributed by atoms with Crippen LogP contribution in [0.5, 0.6) is 34.5 Å². The molecule has 6 N–H and O–H groups in total. The lowest BCUT2D eigenvalue weighted by atomic mass is 10.1. The van der Waals surface area contributed by atoms with Gasteiger partial charge in [-0.2, -0.15) is 0 Å². The normalized spacial score (nSPS) is 10.1. The summed E-state index contributed by atoms with van der Waals surface area (Å²) >= 11 is 0. The molecule has 0 saturated heterocycles. The maximum atomic E-state index is 9.64. The van der Waals surface area contributed by atoms with Gasteiger partial charge in [-0.15, -0.1) is 0 Å². The molecule has 32 heavy (non-hydrogen) atoms. The van der Waals surface area contributed by atoms with Crippen molar-refractivity contribution in [3.63, 3.8) is 0 Å². The molecule has 0 atom stereocenters. The van der Waals surface area contributed by atoms with Crippen LogP contribution in [-0.2, 0) is 0 Å². The highest BCUT2D eigenvalue weighted by molar-refractivity contribution is 5.58. The molecule has 0 amide bonds. The monoisotopic (exact) mass is 424 g/mol. The molecule has 0 saturated carbocycles. The van der Waals surface area contributed by atoms with E-state index in [1.165, 1.54) is 24.3 Å². The van der Waals surface area contributed by atoms with Crippen LogP contribution in [0, 0.1) is 11.8 Å². The average molecular weight is 424 g/mol. The van der Waals surface area contributed by atoms with Gasteiger partial charge >= 0.3 is 0 Å². The van der Waals surface area contributed by atoms with Gasteiger partial charge in [-0.05, 0) is 48.5 Å². The van der Waals surface area contributed by atoms with Crippen molar-refractivity contribution in [3.8, 4) is 46.3 Å². The van der Waals surface area contributed by atoms with Crippen LogP contribution < -0.4 is 20.9 Å². The van der Waals surface area contributed by atoms with Gasteiger partial charge in [-0.25, -0.2) is 0 Å². The largest absolute Gasteiger partial charge is 0.506 e. The zero-order chi connectivity index (χ0) is 22.5. The van der Waals surface area contributed by atoms with Crippen molar-refractivity contribution < 1.29 is 19.7 Å². The number of phenols is 2. The third kappa shape index (κ3) is 5.04. The molecule has 0 bridgehead atoms. The highest BCUT2D eigenvalue weighted by atomic mass is 16.5. The van der Waals surface area contributed by atoms with Gasteiger partial charge in [-0.3, -0.25) is 0 Å². The summed E-state index contributed by atoms with van der Waals surface area (Å²) in [6.07, 6.45) is 0. The Hall–Kier alpha value is -4.76. The van der Waals surface area contributed by atoms with Crippen LogP contribution in [0.2, 0.25) is 0 Å². The van der Waals surface area contributed by atoms with Crippen LogP contribution >= 0.6 is 0 Å². The Morgan fingerprint density at radius 1 is 0.531 bits per heavy atom. The molecule has 0 radical (unpaired) electrons. The smallest absolute Gasteiger partial charge is 0.138 e. The highest BCUT2D eigenvalue weighted by Crippen LogP contribution is 2.34. The predicted octanol–water partition coefficient (Wildman–Crippen LogP) is 5.25. The van der Waals surface area contributed by atoms with Gasteiger partial charge < -0.3 is 31.2 Å². The fourth-order valence-electron chi connectivity index (χ4n) is 2.89. The first kappa shape index (κ1) is 20.5. The standard InChI is InChI=1S/C26H20N2O4/c27-23-15-19(8-10-25(23)29)31-21-12-18(7-6-17-4-2-1-3-5-17)13-22(14-21)32-20-9-11-26(30)24(28)16-20/h1-5,8-16,29-30H,27-28H2. The SMILES string of the molecule is Nc1cc(Oc2cc(C#Cc3ccccc3)cc(Oc3ccc(O)c(N)c3)c2)ccc1O. The first-order chi connectivity index (χ1) is 15.5. The second kappa shape index (κ2) is 8.94. The minimum atomic E-state index is -0.0197. The maximum absolute atomic E-state index is 9.64. The molecule has 0 spiro atoms. The van der Waals surface area contributed by atoms with Gasteiger partial charge in [0.2, 0.25) is 0 Å². The highest BCUT2D eigenvalue weighted by Gasteiger charge is 2.08. The van der Waals surface area contributed by atoms with E-state index in [9.17, 15) is 10.2 Å². The Morgan fingerprint density at radius 2 is 1.03 bits per heavy atom. The van der Waals surface area contributed by atoms with E-state index in [-0.39, 0.29) is 22.9 Å². The summed E-state index contributed by atoms with van der Waals surface area (Å²) in [5, 5.41) is 19.3. The third-order valence-corrected chi connectivity index (χ3v) is 4.47. The number of ether oxygens (including phenoxy) is 2. The molecule has 0 aliphatic heterocycles. The molecule has 4 rings (SSSR count). The second-order valence-electron chi connectivity index (χ2n) is 6.95. The van der Waals surface area contributed by atoms with Crippen LogP contribution in [0.4, 0.5) is 11.4 Å². The molecule has 0 fully saturated rings. The number of hydrogen-bond acceptors (Lipinski definition) is 6. The molecule has 6 heteroatoms.